The van der Waals surface area contributed by atoms with Gasteiger partial charge in [0, 0.05) is 6.04 Å². The Morgan fingerprint density at radius 1 is 1.20 bits per heavy atom. The van der Waals surface area contributed by atoms with Crippen molar-refractivity contribution in [1.29, 1.82) is 0 Å². The van der Waals surface area contributed by atoms with Crippen LogP contribution in [0.1, 0.15) is 43.2 Å². The van der Waals surface area contributed by atoms with E-state index in [1.807, 2.05) is 55.5 Å². The van der Waals surface area contributed by atoms with E-state index in [0.29, 0.717) is 16.8 Å². The molecule has 1 heterocycles. The molecule has 1 fully saturated rings. The molecule has 1 aliphatic rings. The van der Waals surface area contributed by atoms with Gasteiger partial charge in [-0.15, -0.1) is 10.2 Å². The molecule has 1 atom stereocenters. The number of carbonyl (C=O) groups excluding carboxylic acids is 1. The average molecular weight is 443 g/mol. The second kappa shape index (κ2) is 9.53. The van der Waals surface area contributed by atoms with E-state index >= 15 is 0 Å². The summed E-state index contributed by atoms with van der Waals surface area (Å²) >= 11 is 7.57. The lowest BCUT2D eigenvalue weighted by molar-refractivity contribution is -0.119. The van der Waals surface area contributed by atoms with Crippen LogP contribution in [0.15, 0.2) is 59.8 Å². The van der Waals surface area contributed by atoms with Gasteiger partial charge in [-0.05, 0) is 37.5 Å². The van der Waals surface area contributed by atoms with Gasteiger partial charge in [-0.25, -0.2) is 0 Å². The number of halogens is 1. The molecule has 0 bridgehead atoms. The average Bonchev–Trinajstić information content (AvgIpc) is 3.52. The van der Waals surface area contributed by atoms with Crippen LogP contribution in [-0.2, 0) is 11.4 Å². The van der Waals surface area contributed by atoms with Gasteiger partial charge in [0.2, 0.25) is 5.91 Å². The summed E-state index contributed by atoms with van der Waals surface area (Å²) in [7, 11) is 0. The van der Waals surface area contributed by atoms with Crippen LogP contribution in [0.2, 0.25) is 5.02 Å². The minimum Gasteiger partial charge on any atom is -0.484 e. The first kappa shape index (κ1) is 20.8. The number of hydrogen-bond acceptors (Lipinski definition) is 5. The molecular formula is C22H23ClN4O2S. The molecule has 1 aliphatic carbocycles. The lowest BCUT2D eigenvalue weighted by Gasteiger charge is -2.14. The fourth-order valence-electron chi connectivity index (χ4n) is 3.15. The van der Waals surface area contributed by atoms with Gasteiger partial charge in [0.1, 0.15) is 12.4 Å². The Kier molecular flexibility index (Phi) is 6.59. The Morgan fingerprint density at radius 2 is 1.93 bits per heavy atom. The summed E-state index contributed by atoms with van der Waals surface area (Å²) in [6.07, 6.45) is 2.17. The fourth-order valence-corrected chi connectivity index (χ4v) is 4.17. The first-order chi connectivity index (χ1) is 14.6. The van der Waals surface area contributed by atoms with E-state index < -0.39 is 0 Å². The summed E-state index contributed by atoms with van der Waals surface area (Å²) in [5.74, 6) is 1.62. The molecule has 0 radical (unpaired) electrons. The van der Waals surface area contributed by atoms with E-state index in [9.17, 15) is 4.79 Å². The predicted molar refractivity (Wildman–Crippen MR) is 118 cm³/mol. The maximum atomic E-state index is 12.4. The highest BCUT2D eigenvalue weighted by Crippen LogP contribution is 2.39. The molecule has 156 valence electrons. The van der Waals surface area contributed by atoms with Crippen LogP contribution in [0.25, 0.3) is 0 Å². The van der Waals surface area contributed by atoms with Gasteiger partial charge in [0.05, 0.1) is 16.8 Å². The largest absolute Gasteiger partial charge is 0.484 e. The molecule has 30 heavy (non-hydrogen) atoms. The topological polar surface area (TPSA) is 69.0 Å². The molecule has 1 aromatic heterocycles. The number of hydrogen-bond donors (Lipinski definition) is 1. The second-order valence-corrected chi connectivity index (χ2v) is 8.56. The van der Waals surface area contributed by atoms with Gasteiger partial charge >= 0.3 is 0 Å². The van der Waals surface area contributed by atoms with Crippen LogP contribution in [0, 0.1) is 0 Å². The van der Waals surface area contributed by atoms with Crippen molar-refractivity contribution in [2.24, 2.45) is 0 Å². The monoisotopic (exact) mass is 442 g/mol. The number of nitrogens with zero attached hydrogens (tertiary/aromatic N) is 3. The molecular weight excluding hydrogens is 420 g/mol. The highest BCUT2D eigenvalue weighted by molar-refractivity contribution is 7.99. The minimum absolute atomic E-state index is 0.0319. The van der Waals surface area contributed by atoms with Crippen LogP contribution in [0.3, 0.4) is 0 Å². The van der Waals surface area contributed by atoms with Crippen molar-refractivity contribution >= 4 is 29.3 Å². The highest BCUT2D eigenvalue weighted by atomic mass is 35.5. The standard InChI is InChI=1S/C22H23ClN4O2S/c1-15(16-7-3-2-4-8-16)24-21(28)14-30-22-26-25-20(27(22)17-11-12-17)13-29-19-10-6-5-9-18(19)23/h2-10,15,17H,11-14H2,1H3,(H,24,28)/t15-/m1/s1. The third-order valence-corrected chi connectivity index (χ3v) is 6.11. The smallest absolute Gasteiger partial charge is 0.230 e. The number of benzene rings is 2. The Morgan fingerprint density at radius 3 is 2.67 bits per heavy atom. The van der Waals surface area contributed by atoms with Crippen molar-refractivity contribution in [3.05, 3.63) is 71.0 Å². The molecule has 0 spiro atoms. The number of amides is 1. The SMILES string of the molecule is C[C@@H](NC(=O)CSc1nnc(COc2ccccc2Cl)n1C1CC1)c1ccccc1. The van der Waals surface area contributed by atoms with Gasteiger partial charge in [0.15, 0.2) is 11.0 Å². The second-order valence-electron chi connectivity index (χ2n) is 7.21. The summed E-state index contributed by atoms with van der Waals surface area (Å²) < 4.78 is 7.93. The zero-order valence-electron chi connectivity index (χ0n) is 16.6. The Hall–Kier alpha value is -2.51. The Balaban J connectivity index is 1.36. The maximum Gasteiger partial charge on any atom is 0.230 e. The van der Waals surface area contributed by atoms with E-state index in [1.54, 1.807) is 6.07 Å². The molecule has 1 amide bonds. The molecule has 0 aliphatic heterocycles. The molecule has 0 unspecified atom stereocenters. The van der Waals surface area contributed by atoms with Crippen molar-refractivity contribution in [2.75, 3.05) is 5.75 Å². The van der Waals surface area contributed by atoms with Crippen molar-refractivity contribution in [3.8, 4) is 5.75 Å². The maximum absolute atomic E-state index is 12.4. The quantitative estimate of drug-likeness (QED) is 0.481. The fraction of sp³-hybridized carbons (Fsp3) is 0.318. The summed E-state index contributed by atoms with van der Waals surface area (Å²) in [5.41, 5.74) is 1.08. The third kappa shape index (κ3) is 5.15. The number of rotatable bonds is 9. The van der Waals surface area contributed by atoms with Crippen LogP contribution in [0.5, 0.6) is 5.75 Å². The van der Waals surface area contributed by atoms with Crippen LogP contribution in [0.4, 0.5) is 0 Å². The van der Waals surface area contributed by atoms with Crippen LogP contribution in [-0.4, -0.2) is 26.4 Å². The Bertz CT molecular complexity index is 1010. The van der Waals surface area contributed by atoms with Crippen molar-refractivity contribution < 1.29 is 9.53 Å². The van der Waals surface area contributed by atoms with Gasteiger partial charge in [-0.1, -0.05) is 65.8 Å². The minimum atomic E-state index is -0.0415. The summed E-state index contributed by atoms with van der Waals surface area (Å²) in [6.45, 7) is 2.26. The van der Waals surface area contributed by atoms with E-state index in [0.717, 1.165) is 29.4 Å². The van der Waals surface area contributed by atoms with Gasteiger partial charge in [-0.2, -0.15) is 0 Å². The normalized spacial score (nSPS) is 14.3. The van der Waals surface area contributed by atoms with Crippen LogP contribution >= 0.6 is 23.4 Å². The molecule has 1 saturated carbocycles. The lowest BCUT2D eigenvalue weighted by Crippen LogP contribution is -2.28. The molecule has 1 N–H and O–H groups in total. The van der Waals surface area contributed by atoms with E-state index in [1.165, 1.54) is 11.8 Å². The summed E-state index contributed by atoms with van der Waals surface area (Å²) in [6, 6.07) is 17.6. The number of ether oxygens (including phenoxy) is 1. The van der Waals surface area contributed by atoms with Gasteiger partial charge < -0.3 is 10.1 Å². The van der Waals surface area contributed by atoms with E-state index in [4.69, 9.17) is 16.3 Å². The Labute approximate surface area is 185 Å². The van der Waals surface area contributed by atoms with Gasteiger partial charge in [0.25, 0.3) is 0 Å². The predicted octanol–water partition coefficient (Wildman–Crippen LogP) is 4.81. The number of thioether (sulfide) groups is 1. The number of para-hydroxylation sites is 1. The molecule has 8 heteroatoms. The van der Waals surface area contributed by atoms with E-state index in [2.05, 4.69) is 20.1 Å². The zero-order chi connectivity index (χ0) is 20.9. The van der Waals surface area contributed by atoms with Crippen molar-refractivity contribution in [3.63, 3.8) is 0 Å². The summed E-state index contributed by atoms with van der Waals surface area (Å²) in [5, 5.41) is 13.0. The summed E-state index contributed by atoms with van der Waals surface area (Å²) in [4.78, 5) is 12.4. The van der Waals surface area contributed by atoms with Crippen molar-refractivity contribution in [2.45, 2.75) is 43.6 Å². The van der Waals surface area contributed by atoms with Crippen molar-refractivity contribution in [1.82, 2.24) is 20.1 Å². The third-order valence-electron chi connectivity index (χ3n) is 4.85. The van der Waals surface area contributed by atoms with E-state index in [-0.39, 0.29) is 24.3 Å². The first-order valence-electron chi connectivity index (χ1n) is 9.90. The first-order valence-corrected chi connectivity index (χ1v) is 11.3. The number of aromatic nitrogens is 3. The highest BCUT2D eigenvalue weighted by Gasteiger charge is 2.30. The molecule has 6 nitrogen and oxygen atoms in total. The van der Waals surface area contributed by atoms with Crippen LogP contribution < -0.4 is 10.1 Å². The lowest BCUT2D eigenvalue weighted by atomic mass is 10.1. The number of carbonyl (C=O) groups is 1. The molecule has 0 saturated heterocycles. The molecule has 3 aromatic rings. The van der Waals surface area contributed by atoms with Gasteiger partial charge in [-0.3, -0.25) is 9.36 Å². The number of nitrogens with one attached hydrogen (secondary N) is 1. The zero-order valence-corrected chi connectivity index (χ0v) is 18.2. The molecule has 2 aromatic carbocycles. The molecule has 4 rings (SSSR count).